The van der Waals surface area contributed by atoms with Gasteiger partial charge in [-0.2, -0.15) is 4.31 Å². The predicted octanol–water partition coefficient (Wildman–Crippen LogP) is 1.59. The smallest absolute Gasteiger partial charge is 0.339 e. The Morgan fingerprint density at radius 3 is 2.59 bits per heavy atom. The van der Waals surface area contributed by atoms with Gasteiger partial charge in [0.25, 0.3) is 5.91 Å². The molecule has 0 aromatic carbocycles. The molecule has 0 bridgehead atoms. The number of nitrogens with zero attached hydrogens (tertiary/aromatic N) is 4. The molecule has 0 radical (unpaired) electrons. The summed E-state index contributed by atoms with van der Waals surface area (Å²) in [5, 5.41) is 0.535. The van der Waals surface area contributed by atoms with Crippen molar-refractivity contribution in [3.8, 4) is 0 Å². The minimum atomic E-state index is -3.73. The molecule has 4 rings (SSSR count). The van der Waals surface area contributed by atoms with Crippen LogP contribution in [0.15, 0.2) is 41.6 Å². The van der Waals surface area contributed by atoms with Crippen LogP contribution in [0.5, 0.6) is 0 Å². The molecule has 0 saturated carbocycles. The molecule has 3 aromatic heterocycles. The van der Waals surface area contributed by atoms with Crippen LogP contribution in [-0.2, 0) is 14.8 Å². The highest BCUT2D eigenvalue weighted by molar-refractivity contribution is 7.89. The minimum Gasteiger partial charge on any atom is -0.462 e. The number of rotatable bonds is 5. The van der Waals surface area contributed by atoms with Crippen molar-refractivity contribution < 1.29 is 22.7 Å². The second-order valence-corrected chi connectivity index (χ2v) is 9.21. The first kappa shape index (κ1) is 21.9. The zero-order chi connectivity index (χ0) is 22.9. The van der Waals surface area contributed by atoms with Gasteiger partial charge in [0.15, 0.2) is 0 Å². The molecule has 1 N–H and O–H groups in total. The van der Waals surface area contributed by atoms with Crippen molar-refractivity contribution >= 4 is 32.9 Å². The first-order chi connectivity index (χ1) is 15.3. The van der Waals surface area contributed by atoms with E-state index in [1.165, 1.54) is 22.6 Å². The lowest BCUT2D eigenvalue weighted by Crippen LogP contribution is -2.50. The Bertz CT molecular complexity index is 1280. The maximum Gasteiger partial charge on any atom is 0.339 e. The summed E-state index contributed by atoms with van der Waals surface area (Å²) in [7, 11) is -3.73. The van der Waals surface area contributed by atoms with E-state index in [4.69, 9.17) is 4.74 Å². The summed E-state index contributed by atoms with van der Waals surface area (Å²) < 4.78 is 32.6. The molecule has 0 atom stereocenters. The van der Waals surface area contributed by atoms with Crippen LogP contribution in [-0.4, -0.2) is 77.2 Å². The van der Waals surface area contributed by atoms with E-state index in [-0.39, 0.29) is 49.3 Å². The standard InChI is InChI=1S/C21H23N5O5S/c1-3-31-21(28)15-6-7-17(24-14(15)2)20(27)25-9-11-26(12-10-25)32(29,30)18-13-23-19-16(18)5-4-8-22-19/h4-8,13H,3,9-12H2,1-2H3,(H,22,23). The number of aromatic nitrogens is 3. The highest BCUT2D eigenvalue weighted by atomic mass is 32.2. The number of ether oxygens (including phenoxy) is 1. The van der Waals surface area contributed by atoms with Crippen LogP contribution in [0, 0.1) is 6.92 Å². The van der Waals surface area contributed by atoms with Crippen LogP contribution >= 0.6 is 0 Å². The molecule has 168 valence electrons. The number of hydrogen-bond acceptors (Lipinski definition) is 7. The number of hydrogen-bond donors (Lipinski definition) is 1. The molecule has 3 aromatic rings. The van der Waals surface area contributed by atoms with E-state index in [1.54, 1.807) is 37.1 Å². The Morgan fingerprint density at radius 2 is 1.91 bits per heavy atom. The molecule has 0 spiro atoms. The van der Waals surface area contributed by atoms with Crippen LogP contribution in [0.2, 0.25) is 0 Å². The molecule has 4 heterocycles. The minimum absolute atomic E-state index is 0.168. The lowest BCUT2D eigenvalue weighted by molar-refractivity contribution is 0.0523. The Labute approximate surface area is 185 Å². The fourth-order valence-electron chi connectivity index (χ4n) is 3.68. The van der Waals surface area contributed by atoms with Gasteiger partial charge in [-0.1, -0.05) is 0 Å². The molecule has 0 unspecified atom stereocenters. The zero-order valence-corrected chi connectivity index (χ0v) is 18.6. The highest BCUT2D eigenvalue weighted by Gasteiger charge is 2.32. The summed E-state index contributed by atoms with van der Waals surface area (Å²) in [4.78, 5) is 37.8. The molecule has 1 fully saturated rings. The fraction of sp³-hybridized carbons (Fsp3) is 0.333. The van der Waals surface area contributed by atoms with Gasteiger partial charge in [0.1, 0.15) is 16.2 Å². The molecule has 10 nitrogen and oxygen atoms in total. The number of esters is 1. The topological polar surface area (TPSA) is 126 Å². The van der Waals surface area contributed by atoms with E-state index in [0.29, 0.717) is 22.3 Å². The second kappa shape index (κ2) is 8.67. The molecular formula is C21H23N5O5S. The van der Waals surface area contributed by atoms with Crippen LogP contribution in [0.3, 0.4) is 0 Å². The molecule has 1 saturated heterocycles. The summed E-state index contributed by atoms with van der Waals surface area (Å²) in [6, 6.07) is 6.41. The van der Waals surface area contributed by atoms with Crippen molar-refractivity contribution in [2.75, 3.05) is 32.8 Å². The number of H-pyrrole nitrogens is 1. The van der Waals surface area contributed by atoms with Crippen molar-refractivity contribution in [3.05, 3.63) is 53.6 Å². The summed E-state index contributed by atoms with van der Waals surface area (Å²) in [5.41, 5.74) is 1.43. The number of fused-ring (bicyclic) bond motifs is 1. The average Bonchev–Trinajstić information content (AvgIpc) is 3.24. The van der Waals surface area contributed by atoms with Crippen LogP contribution < -0.4 is 0 Å². The summed E-state index contributed by atoms with van der Waals surface area (Å²) in [6.45, 7) is 4.42. The van der Waals surface area contributed by atoms with Crippen LogP contribution in [0.4, 0.5) is 0 Å². The van der Waals surface area contributed by atoms with Crippen molar-refractivity contribution in [2.24, 2.45) is 0 Å². The third-order valence-corrected chi connectivity index (χ3v) is 7.30. The van der Waals surface area contributed by atoms with E-state index >= 15 is 0 Å². The van der Waals surface area contributed by atoms with Crippen molar-refractivity contribution in [1.82, 2.24) is 24.2 Å². The molecule has 11 heteroatoms. The van der Waals surface area contributed by atoms with Crippen molar-refractivity contribution in [2.45, 2.75) is 18.7 Å². The SMILES string of the molecule is CCOC(=O)c1ccc(C(=O)N2CCN(S(=O)(=O)c3c[nH]c4ncccc34)CC2)nc1C. The van der Waals surface area contributed by atoms with Crippen LogP contribution in [0.25, 0.3) is 11.0 Å². The molecule has 1 amide bonds. The van der Waals surface area contributed by atoms with Crippen LogP contribution in [0.1, 0.15) is 33.5 Å². The van der Waals surface area contributed by atoms with E-state index in [1.807, 2.05) is 0 Å². The second-order valence-electron chi connectivity index (χ2n) is 7.30. The summed E-state index contributed by atoms with van der Waals surface area (Å²) >= 11 is 0. The van der Waals surface area contributed by atoms with Gasteiger partial charge in [0.2, 0.25) is 10.0 Å². The average molecular weight is 458 g/mol. The summed E-state index contributed by atoms with van der Waals surface area (Å²) in [6.07, 6.45) is 3.04. The molecule has 32 heavy (non-hydrogen) atoms. The number of carbonyl (C=O) groups excluding carboxylic acids is 2. The van der Waals surface area contributed by atoms with E-state index < -0.39 is 16.0 Å². The van der Waals surface area contributed by atoms with E-state index in [0.717, 1.165) is 0 Å². The van der Waals surface area contributed by atoms with Gasteiger partial charge in [-0.25, -0.2) is 23.2 Å². The van der Waals surface area contributed by atoms with Gasteiger partial charge in [-0.05, 0) is 38.1 Å². The van der Waals surface area contributed by atoms with Crippen molar-refractivity contribution in [3.63, 3.8) is 0 Å². The number of carbonyl (C=O) groups is 2. The fourth-order valence-corrected chi connectivity index (χ4v) is 5.25. The predicted molar refractivity (Wildman–Crippen MR) is 116 cm³/mol. The van der Waals surface area contributed by atoms with E-state index in [9.17, 15) is 18.0 Å². The zero-order valence-electron chi connectivity index (χ0n) is 17.7. The maximum absolute atomic E-state index is 13.1. The number of aromatic amines is 1. The maximum atomic E-state index is 13.1. The monoisotopic (exact) mass is 457 g/mol. The molecule has 1 aliphatic rings. The van der Waals surface area contributed by atoms with Gasteiger partial charge < -0.3 is 14.6 Å². The first-order valence-corrected chi connectivity index (χ1v) is 11.6. The Kier molecular flexibility index (Phi) is 5.94. The van der Waals surface area contributed by atoms with Gasteiger partial charge in [0, 0.05) is 44.0 Å². The summed E-state index contributed by atoms with van der Waals surface area (Å²) in [5.74, 6) is -0.792. The lowest BCUT2D eigenvalue weighted by atomic mass is 10.1. The number of nitrogens with one attached hydrogen (secondary N) is 1. The normalized spacial score (nSPS) is 15.1. The number of pyridine rings is 2. The van der Waals surface area contributed by atoms with Gasteiger partial charge >= 0.3 is 5.97 Å². The lowest BCUT2D eigenvalue weighted by Gasteiger charge is -2.33. The number of sulfonamides is 1. The number of aryl methyl sites for hydroxylation is 1. The molecule has 0 aliphatic carbocycles. The molecule has 1 aliphatic heterocycles. The Balaban J connectivity index is 1.46. The van der Waals surface area contributed by atoms with Gasteiger partial charge in [0.05, 0.1) is 17.9 Å². The third kappa shape index (κ3) is 3.96. The van der Waals surface area contributed by atoms with Gasteiger partial charge in [-0.15, -0.1) is 0 Å². The van der Waals surface area contributed by atoms with Crippen molar-refractivity contribution in [1.29, 1.82) is 0 Å². The molecular weight excluding hydrogens is 434 g/mol. The largest absolute Gasteiger partial charge is 0.462 e. The number of amides is 1. The Morgan fingerprint density at radius 1 is 1.16 bits per heavy atom. The Hall–Kier alpha value is -3.31. The number of piperazine rings is 1. The third-order valence-electron chi connectivity index (χ3n) is 5.36. The highest BCUT2D eigenvalue weighted by Crippen LogP contribution is 2.25. The van der Waals surface area contributed by atoms with Gasteiger partial charge in [-0.3, -0.25) is 4.79 Å². The first-order valence-electron chi connectivity index (χ1n) is 10.2. The van der Waals surface area contributed by atoms with E-state index in [2.05, 4.69) is 15.0 Å². The quantitative estimate of drug-likeness (QED) is 0.577.